The molecular formula is C16H23BN4O2. The van der Waals surface area contributed by atoms with Crippen LogP contribution in [-0.4, -0.2) is 47.1 Å². The number of likely N-dealkylation sites (N-methyl/N-ethyl adjacent to an activating group) is 1. The second-order valence-corrected chi connectivity index (χ2v) is 6.90. The maximum absolute atomic E-state index is 6.15. The predicted molar refractivity (Wildman–Crippen MR) is 91.9 cm³/mol. The third kappa shape index (κ3) is 3.04. The Morgan fingerprint density at radius 2 is 1.96 bits per heavy atom. The molecule has 0 spiro atoms. The van der Waals surface area contributed by atoms with Crippen LogP contribution in [0.1, 0.15) is 33.4 Å². The van der Waals surface area contributed by atoms with Gasteiger partial charge in [-0.05, 0) is 52.4 Å². The highest BCUT2D eigenvalue weighted by atomic mass is 16.7. The van der Waals surface area contributed by atoms with Crippen molar-refractivity contribution in [3.63, 3.8) is 0 Å². The number of hydrogen-bond acceptors (Lipinski definition) is 5. The highest BCUT2D eigenvalue weighted by molar-refractivity contribution is 6.55. The Morgan fingerprint density at radius 3 is 2.61 bits per heavy atom. The fourth-order valence-electron chi connectivity index (χ4n) is 2.53. The van der Waals surface area contributed by atoms with Crippen LogP contribution in [0.5, 0.6) is 0 Å². The average Bonchev–Trinajstić information content (AvgIpc) is 3.00. The topological polar surface area (TPSA) is 72.1 Å². The van der Waals surface area contributed by atoms with E-state index in [1.54, 1.807) is 12.4 Å². The molecule has 0 amide bonds. The molecule has 1 aliphatic heterocycles. The first-order chi connectivity index (χ1) is 10.8. The lowest BCUT2D eigenvalue weighted by molar-refractivity contribution is 0.00578. The molecule has 6 nitrogen and oxygen atoms in total. The van der Waals surface area contributed by atoms with Gasteiger partial charge in [0.15, 0.2) is 0 Å². The van der Waals surface area contributed by atoms with Crippen LogP contribution < -0.4 is 5.32 Å². The number of nitrogens with one attached hydrogen (secondary N) is 2. The Morgan fingerprint density at radius 1 is 1.26 bits per heavy atom. The van der Waals surface area contributed by atoms with Gasteiger partial charge in [-0.15, -0.1) is 0 Å². The molecule has 3 heterocycles. The zero-order valence-corrected chi connectivity index (χ0v) is 14.3. The normalized spacial score (nSPS) is 20.4. The lowest BCUT2D eigenvalue weighted by Gasteiger charge is -2.32. The monoisotopic (exact) mass is 314 g/mol. The zero-order valence-electron chi connectivity index (χ0n) is 14.3. The second-order valence-electron chi connectivity index (χ2n) is 6.90. The lowest BCUT2D eigenvalue weighted by Crippen LogP contribution is -2.41. The number of H-pyrrole nitrogens is 1. The molecule has 0 unspecified atom stereocenters. The minimum absolute atomic E-state index is 0.355. The summed E-state index contributed by atoms with van der Waals surface area (Å²) in [6, 6.07) is 2.00. The minimum atomic E-state index is -0.380. The molecule has 3 rings (SSSR count). The van der Waals surface area contributed by atoms with Gasteiger partial charge in [0.1, 0.15) is 0 Å². The van der Waals surface area contributed by atoms with Crippen molar-refractivity contribution in [2.24, 2.45) is 0 Å². The largest absolute Gasteiger partial charge is 0.491 e. The van der Waals surface area contributed by atoms with Crippen LogP contribution in [0.2, 0.25) is 0 Å². The van der Waals surface area contributed by atoms with E-state index in [2.05, 4.69) is 48.2 Å². The summed E-state index contributed by atoms with van der Waals surface area (Å²) >= 11 is 0. The molecule has 23 heavy (non-hydrogen) atoms. The quantitative estimate of drug-likeness (QED) is 0.847. The molecule has 122 valence electrons. The molecule has 2 aromatic rings. The number of aromatic amines is 1. The van der Waals surface area contributed by atoms with Gasteiger partial charge >= 0.3 is 7.12 Å². The molecule has 1 saturated heterocycles. The van der Waals surface area contributed by atoms with Gasteiger partial charge in [-0.2, -0.15) is 5.10 Å². The maximum atomic E-state index is 6.15. The number of pyridine rings is 1. The lowest BCUT2D eigenvalue weighted by atomic mass is 9.77. The molecule has 0 saturated carbocycles. The first-order valence-corrected chi connectivity index (χ1v) is 7.82. The van der Waals surface area contributed by atoms with Gasteiger partial charge in [-0.3, -0.25) is 10.1 Å². The van der Waals surface area contributed by atoms with Crippen molar-refractivity contribution in [1.29, 1.82) is 0 Å². The van der Waals surface area contributed by atoms with E-state index in [4.69, 9.17) is 9.31 Å². The van der Waals surface area contributed by atoms with Crippen LogP contribution in [0.15, 0.2) is 23.9 Å². The molecule has 1 aliphatic rings. The first kappa shape index (κ1) is 16.2. The van der Waals surface area contributed by atoms with E-state index in [1.807, 2.05) is 19.2 Å². The van der Waals surface area contributed by atoms with Crippen molar-refractivity contribution in [3.05, 3.63) is 29.6 Å². The first-order valence-electron chi connectivity index (χ1n) is 7.82. The molecule has 0 aromatic carbocycles. The Kier molecular flexibility index (Phi) is 4.04. The summed E-state index contributed by atoms with van der Waals surface area (Å²) in [6.07, 6.45) is 5.60. The predicted octanol–water partition coefficient (Wildman–Crippen LogP) is 2.19. The molecule has 0 aliphatic carbocycles. The van der Waals surface area contributed by atoms with Crippen molar-refractivity contribution in [2.75, 3.05) is 13.6 Å². The van der Waals surface area contributed by atoms with E-state index in [9.17, 15) is 0 Å². The van der Waals surface area contributed by atoms with Crippen LogP contribution >= 0.6 is 0 Å². The van der Waals surface area contributed by atoms with Gasteiger partial charge in [-0.1, -0.05) is 0 Å². The number of nitrogens with zero attached hydrogens (tertiary/aromatic N) is 2. The van der Waals surface area contributed by atoms with Gasteiger partial charge in [0.25, 0.3) is 0 Å². The van der Waals surface area contributed by atoms with Crippen molar-refractivity contribution < 1.29 is 9.31 Å². The highest BCUT2D eigenvalue weighted by Gasteiger charge is 2.52. The smallest absolute Gasteiger partial charge is 0.400 e. The minimum Gasteiger partial charge on any atom is -0.400 e. The third-order valence-corrected chi connectivity index (χ3v) is 4.62. The highest BCUT2D eigenvalue weighted by Crippen LogP contribution is 2.38. The van der Waals surface area contributed by atoms with Crippen LogP contribution in [0.25, 0.3) is 17.0 Å². The van der Waals surface area contributed by atoms with Gasteiger partial charge in [0.2, 0.25) is 0 Å². The van der Waals surface area contributed by atoms with Gasteiger partial charge in [0.05, 0.1) is 34.8 Å². The number of fused-ring (bicyclic) bond motifs is 1. The average molecular weight is 314 g/mol. The summed E-state index contributed by atoms with van der Waals surface area (Å²) in [6.45, 7) is 8.89. The van der Waals surface area contributed by atoms with Crippen molar-refractivity contribution in [1.82, 2.24) is 20.5 Å². The SMILES string of the molecule is CNCC(=Cc1cc2cn[nH]c2cn1)B1OC(C)(C)C(C)(C)O1. The molecule has 1 fully saturated rings. The van der Waals surface area contributed by atoms with Crippen molar-refractivity contribution in [3.8, 4) is 0 Å². The fourth-order valence-corrected chi connectivity index (χ4v) is 2.53. The van der Waals surface area contributed by atoms with Crippen molar-refractivity contribution >= 4 is 24.1 Å². The zero-order chi connectivity index (χ0) is 16.7. The van der Waals surface area contributed by atoms with E-state index in [0.29, 0.717) is 6.54 Å². The summed E-state index contributed by atoms with van der Waals surface area (Å²) in [4.78, 5) is 4.46. The number of rotatable bonds is 4. The van der Waals surface area contributed by atoms with Crippen LogP contribution in [0.4, 0.5) is 0 Å². The summed E-state index contributed by atoms with van der Waals surface area (Å²) in [7, 11) is 1.53. The molecule has 7 heteroatoms. The van der Waals surface area contributed by atoms with E-state index >= 15 is 0 Å². The molecular weight excluding hydrogens is 291 g/mol. The molecule has 0 radical (unpaired) electrons. The third-order valence-electron chi connectivity index (χ3n) is 4.62. The van der Waals surface area contributed by atoms with E-state index < -0.39 is 0 Å². The molecule has 2 N–H and O–H groups in total. The maximum Gasteiger partial charge on any atom is 0.491 e. The standard InChI is InChI=1S/C16H23BN4O2/c1-15(2)16(3,4)23-17(22-15)12(9-18-5)7-13-6-11-8-20-21-14(11)10-19-13/h6-8,10,18H,9H2,1-5H3,(H,20,21). The fraction of sp³-hybridized carbons (Fsp3) is 0.500. The summed E-state index contributed by atoms with van der Waals surface area (Å²) in [5.41, 5.74) is 2.09. The Hall–Kier alpha value is -1.70. The summed E-state index contributed by atoms with van der Waals surface area (Å²) in [5.74, 6) is 0. The number of hydrogen-bond donors (Lipinski definition) is 2. The second kappa shape index (κ2) is 5.74. The van der Waals surface area contributed by atoms with E-state index in [-0.39, 0.29) is 18.3 Å². The Labute approximate surface area is 136 Å². The molecule has 2 aromatic heterocycles. The van der Waals surface area contributed by atoms with Crippen LogP contribution in [0.3, 0.4) is 0 Å². The van der Waals surface area contributed by atoms with E-state index in [1.165, 1.54) is 0 Å². The van der Waals surface area contributed by atoms with Crippen LogP contribution in [-0.2, 0) is 9.31 Å². The Bertz CT molecular complexity index is 723. The van der Waals surface area contributed by atoms with Crippen LogP contribution in [0, 0.1) is 0 Å². The Balaban J connectivity index is 1.92. The number of aromatic nitrogens is 3. The summed E-state index contributed by atoms with van der Waals surface area (Å²) < 4.78 is 12.3. The van der Waals surface area contributed by atoms with Gasteiger partial charge < -0.3 is 14.6 Å². The van der Waals surface area contributed by atoms with Gasteiger partial charge in [0, 0.05) is 11.9 Å². The van der Waals surface area contributed by atoms with Gasteiger partial charge in [-0.25, -0.2) is 0 Å². The molecule has 0 atom stereocenters. The molecule has 0 bridgehead atoms. The van der Waals surface area contributed by atoms with E-state index in [0.717, 1.165) is 22.1 Å². The van der Waals surface area contributed by atoms with Crippen molar-refractivity contribution in [2.45, 2.75) is 38.9 Å². The summed E-state index contributed by atoms with van der Waals surface area (Å²) in [5, 5.41) is 11.1.